The van der Waals surface area contributed by atoms with Gasteiger partial charge in [0.2, 0.25) is 0 Å². The summed E-state index contributed by atoms with van der Waals surface area (Å²) in [5, 5.41) is 3.20. The van der Waals surface area contributed by atoms with Gasteiger partial charge in [-0.2, -0.15) is 0 Å². The van der Waals surface area contributed by atoms with E-state index in [1.165, 1.54) is 37.0 Å². The molecule has 0 aliphatic heterocycles. The van der Waals surface area contributed by atoms with Gasteiger partial charge in [0.25, 0.3) is 5.91 Å². The van der Waals surface area contributed by atoms with E-state index >= 15 is 0 Å². The van der Waals surface area contributed by atoms with E-state index in [0.717, 1.165) is 23.3 Å². The smallest absolute Gasteiger partial charge is 0.341 e. The van der Waals surface area contributed by atoms with Crippen LogP contribution >= 0.6 is 11.3 Å². The Kier molecular flexibility index (Phi) is 6.98. The van der Waals surface area contributed by atoms with Gasteiger partial charge in [-0.05, 0) is 61.4 Å². The van der Waals surface area contributed by atoms with Gasteiger partial charge in [-0.15, -0.1) is 11.3 Å². The van der Waals surface area contributed by atoms with Crippen molar-refractivity contribution in [2.24, 2.45) is 0 Å². The molecule has 1 aliphatic rings. The first kappa shape index (κ1) is 23.5. The van der Waals surface area contributed by atoms with Crippen LogP contribution in [-0.2, 0) is 27.1 Å². The summed E-state index contributed by atoms with van der Waals surface area (Å²) < 4.78 is 10.3. The van der Waals surface area contributed by atoms with Crippen LogP contribution in [0.4, 0.5) is 10.7 Å². The number of ether oxygens (including phenoxy) is 2. The van der Waals surface area contributed by atoms with Crippen LogP contribution in [0.2, 0.25) is 0 Å². The molecule has 0 saturated heterocycles. The number of carbonyl (C=O) groups is 3. The maximum Gasteiger partial charge on any atom is 0.341 e. The van der Waals surface area contributed by atoms with Crippen molar-refractivity contribution in [1.82, 2.24) is 0 Å². The van der Waals surface area contributed by atoms with Gasteiger partial charge in [-0.25, -0.2) is 9.59 Å². The van der Waals surface area contributed by atoms with Gasteiger partial charge in [-0.3, -0.25) is 4.79 Å². The average Bonchev–Trinajstić information content (AvgIpc) is 3.20. The number of fused-ring (bicyclic) bond motifs is 1. The molecule has 1 aromatic heterocycles. The third-order valence-corrected chi connectivity index (χ3v) is 7.11. The van der Waals surface area contributed by atoms with Crippen LogP contribution in [0.5, 0.6) is 0 Å². The number of nitrogens with two attached hydrogens (primary N) is 1. The number of nitrogen functional groups attached to an aromatic ring is 1. The molecule has 4 rings (SSSR count). The lowest BCUT2D eigenvalue weighted by molar-refractivity contribution is -0.123. The summed E-state index contributed by atoms with van der Waals surface area (Å²) in [6.45, 7) is 1.48. The Morgan fingerprint density at radius 3 is 2.56 bits per heavy atom. The fourth-order valence-corrected chi connectivity index (χ4v) is 5.48. The quantitative estimate of drug-likeness (QED) is 0.397. The summed E-state index contributed by atoms with van der Waals surface area (Å²) in [6.07, 6.45) is 1.32. The van der Waals surface area contributed by atoms with Gasteiger partial charge in [0.15, 0.2) is 6.10 Å². The van der Waals surface area contributed by atoms with Crippen LogP contribution in [0.1, 0.15) is 56.0 Å². The second-order valence-electron chi connectivity index (χ2n) is 8.21. The molecule has 0 radical (unpaired) electrons. The van der Waals surface area contributed by atoms with Crippen molar-refractivity contribution in [3.8, 4) is 0 Å². The van der Waals surface area contributed by atoms with Gasteiger partial charge in [-0.1, -0.05) is 36.4 Å². The van der Waals surface area contributed by atoms with E-state index in [-0.39, 0.29) is 5.56 Å². The van der Waals surface area contributed by atoms with Crippen molar-refractivity contribution >= 4 is 39.9 Å². The van der Waals surface area contributed by atoms with Gasteiger partial charge >= 0.3 is 11.9 Å². The zero-order chi connectivity index (χ0) is 24.2. The first-order valence-corrected chi connectivity index (χ1v) is 11.8. The Morgan fingerprint density at radius 2 is 1.85 bits per heavy atom. The van der Waals surface area contributed by atoms with Gasteiger partial charge in [0.1, 0.15) is 5.00 Å². The summed E-state index contributed by atoms with van der Waals surface area (Å²) >= 11 is 1.38. The summed E-state index contributed by atoms with van der Waals surface area (Å²) in [6, 6.07) is 16.6. The molecule has 0 saturated carbocycles. The van der Waals surface area contributed by atoms with Crippen molar-refractivity contribution < 1.29 is 23.9 Å². The van der Waals surface area contributed by atoms with Crippen molar-refractivity contribution in [1.29, 1.82) is 0 Å². The number of benzene rings is 2. The number of esters is 2. The average molecular weight is 479 g/mol. The minimum Gasteiger partial charge on any atom is -0.465 e. The molecule has 0 fully saturated rings. The van der Waals surface area contributed by atoms with Crippen LogP contribution in [0, 0.1) is 0 Å². The maximum absolute atomic E-state index is 12.8. The monoisotopic (exact) mass is 478 g/mol. The molecule has 34 heavy (non-hydrogen) atoms. The Labute approximate surface area is 201 Å². The first-order chi connectivity index (χ1) is 16.4. The van der Waals surface area contributed by atoms with Crippen molar-refractivity contribution in [2.75, 3.05) is 18.2 Å². The molecule has 3 aromatic rings. The zero-order valence-corrected chi connectivity index (χ0v) is 19.8. The number of anilines is 2. The molecule has 8 heteroatoms. The predicted molar refractivity (Wildman–Crippen MR) is 131 cm³/mol. The van der Waals surface area contributed by atoms with Crippen molar-refractivity contribution in [3.63, 3.8) is 0 Å². The molecule has 176 valence electrons. The van der Waals surface area contributed by atoms with Gasteiger partial charge < -0.3 is 20.5 Å². The Hall–Kier alpha value is -3.65. The van der Waals surface area contributed by atoms with Crippen LogP contribution in [0.3, 0.4) is 0 Å². The normalized spacial score (nSPS) is 15.6. The highest BCUT2D eigenvalue weighted by atomic mass is 32.1. The lowest BCUT2D eigenvalue weighted by Gasteiger charge is -2.22. The molecule has 2 unspecified atom stereocenters. The lowest BCUT2D eigenvalue weighted by Crippen LogP contribution is -2.30. The Morgan fingerprint density at radius 1 is 1.09 bits per heavy atom. The zero-order valence-electron chi connectivity index (χ0n) is 19.0. The molecule has 7 nitrogen and oxygen atoms in total. The summed E-state index contributed by atoms with van der Waals surface area (Å²) in [5.74, 6) is -1.32. The Bertz CT molecular complexity index is 1220. The van der Waals surface area contributed by atoms with E-state index in [4.69, 9.17) is 15.2 Å². The number of nitrogens with one attached hydrogen (secondary N) is 1. The number of rotatable bonds is 6. The van der Waals surface area contributed by atoms with Crippen LogP contribution < -0.4 is 11.1 Å². The van der Waals surface area contributed by atoms with Crippen molar-refractivity contribution in [2.45, 2.75) is 38.2 Å². The second kappa shape index (κ2) is 10.1. The highest BCUT2D eigenvalue weighted by molar-refractivity contribution is 7.17. The van der Waals surface area contributed by atoms with E-state index in [9.17, 15) is 14.4 Å². The molecule has 1 aliphatic carbocycles. The van der Waals surface area contributed by atoms with E-state index in [2.05, 4.69) is 17.4 Å². The third kappa shape index (κ3) is 4.97. The number of amides is 1. The van der Waals surface area contributed by atoms with E-state index in [0.29, 0.717) is 28.6 Å². The maximum atomic E-state index is 12.8. The van der Waals surface area contributed by atoms with Gasteiger partial charge in [0.05, 0.1) is 18.2 Å². The first-order valence-electron chi connectivity index (χ1n) is 11.0. The minimum atomic E-state index is -1.07. The van der Waals surface area contributed by atoms with E-state index < -0.39 is 23.9 Å². The highest BCUT2D eigenvalue weighted by Crippen LogP contribution is 2.42. The second-order valence-corrected chi connectivity index (χ2v) is 9.32. The molecule has 2 atom stereocenters. The van der Waals surface area contributed by atoms with Crippen molar-refractivity contribution in [3.05, 3.63) is 81.7 Å². The summed E-state index contributed by atoms with van der Waals surface area (Å²) in [5.41, 5.74) is 8.96. The number of hydrogen-bond acceptors (Lipinski definition) is 7. The third-order valence-electron chi connectivity index (χ3n) is 5.94. The molecule has 3 N–H and O–H groups in total. The molecule has 0 spiro atoms. The summed E-state index contributed by atoms with van der Waals surface area (Å²) in [4.78, 5) is 38.9. The SMILES string of the molecule is COC(=O)c1c(NC(=O)C(C)OC(=O)c2cccc(N)c2)sc2c1CCC(c1ccccc1)C2. The topological polar surface area (TPSA) is 108 Å². The number of carbonyl (C=O) groups excluding carboxylic acids is 3. The predicted octanol–water partition coefficient (Wildman–Crippen LogP) is 4.57. The number of thiophene rings is 1. The van der Waals surface area contributed by atoms with Crippen LogP contribution in [0.25, 0.3) is 0 Å². The van der Waals surface area contributed by atoms with Crippen LogP contribution in [-0.4, -0.2) is 31.1 Å². The fourth-order valence-electron chi connectivity index (χ4n) is 4.16. The van der Waals surface area contributed by atoms with E-state index in [1.54, 1.807) is 18.2 Å². The fraction of sp³-hybridized carbons (Fsp3) is 0.269. The van der Waals surface area contributed by atoms with E-state index in [1.807, 2.05) is 18.2 Å². The van der Waals surface area contributed by atoms with Crippen LogP contribution in [0.15, 0.2) is 54.6 Å². The lowest BCUT2D eigenvalue weighted by atomic mass is 9.83. The molecular weight excluding hydrogens is 452 g/mol. The number of hydrogen-bond donors (Lipinski definition) is 2. The number of methoxy groups -OCH3 is 1. The molecule has 1 heterocycles. The largest absolute Gasteiger partial charge is 0.465 e. The van der Waals surface area contributed by atoms with Gasteiger partial charge in [0, 0.05) is 10.6 Å². The molecule has 1 amide bonds. The molecular formula is C26H26N2O5S. The summed E-state index contributed by atoms with van der Waals surface area (Å²) in [7, 11) is 1.32. The standard InChI is InChI=1S/C26H26N2O5S/c1-15(33-25(30)18-9-6-10-19(27)13-18)23(29)28-24-22(26(31)32-2)20-12-11-17(14-21(20)34-24)16-7-4-3-5-8-16/h3-10,13,15,17H,11-12,14,27H2,1-2H3,(H,28,29). The molecule has 2 aromatic carbocycles. The molecule has 0 bridgehead atoms. The Balaban J connectivity index is 1.52. The highest BCUT2D eigenvalue weighted by Gasteiger charge is 2.31. The minimum absolute atomic E-state index is 0.258.